The molecule has 1 saturated carbocycles. The Kier molecular flexibility index (Phi) is 3.80. The second-order valence-corrected chi connectivity index (χ2v) is 5.85. The van der Waals surface area contributed by atoms with E-state index >= 15 is 0 Å². The van der Waals surface area contributed by atoms with Gasteiger partial charge >= 0.3 is 5.97 Å². The van der Waals surface area contributed by atoms with Crippen molar-refractivity contribution in [2.45, 2.75) is 31.2 Å². The number of hydrogen-bond acceptors (Lipinski definition) is 5. The van der Waals surface area contributed by atoms with Gasteiger partial charge in [0.25, 0.3) is 0 Å². The molecule has 1 heterocycles. The van der Waals surface area contributed by atoms with Crippen molar-refractivity contribution in [1.29, 1.82) is 0 Å². The van der Waals surface area contributed by atoms with Gasteiger partial charge in [0.05, 0.1) is 19.2 Å². The lowest BCUT2D eigenvalue weighted by Crippen LogP contribution is -2.13. The predicted molar refractivity (Wildman–Crippen MR) is 72.4 cm³/mol. The highest BCUT2D eigenvalue weighted by molar-refractivity contribution is 7.99. The summed E-state index contributed by atoms with van der Waals surface area (Å²) < 4.78 is 4.73. The average molecular weight is 266 g/mol. The molecule has 98 valence electrons. The Morgan fingerprint density at radius 1 is 1.56 bits per heavy atom. The molecule has 0 aliphatic heterocycles. The van der Waals surface area contributed by atoms with Gasteiger partial charge in [-0.1, -0.05) is 0 Å². The first-order valence-corrected chi connectivity index (χ1v) is 6.96. The Hall–Kier alpha value is -1.23. The van der Waals surface area contributed by atoms with Crippen LogP contribution in [0.1, 0.15) is 25.0 Å². The number of nitrogens with zero attached hydrogens (tertiary/aromatic N) is 1. The van der Waals surface area contributed by atoms with Gasteiger partial charge in [0.2, 0.25) is 0 Å². The van der Waals surface area contributed by atoms with Crippen LogP contribution < -0.4 is 5.73 Å². The fraction of sp³-hybridized carbons (Fsp3) is 0.538. The van der Waals surface area contributed by atoms with E-state index in [1.165, 1.54) is 7.11 Å². The summed E-state index contributed by atoms with van der Waals surface area (Å²) in [4.78, 5) is 15.8. The number of methoxy groups -OCH3 is 1. The maximum absolute atomic E-state index is 11.3. The second-order valence-electron chi connectivity index (χ2n) is 4.89. The third kappa shape index (κ3) is 3.16. The number of thioether (sulfide) groups is 1. The highest BCUT2D eigenvalue weighted by Gasteiger charge is 2.44. The molecule has 2 N–H and O–H groups in total. The summed E-state index contributed by atoms with van der Waals surface area (Å²) in [6.45, 7) is 1.95. The number of nitrogens with two attached hydrogens (primary N) is 1. The molecule has 0 spiro atoms. The van der Waals surface area contributed by atoms with Gasteiger partial charge in [0.1, 0.15) is 5.03 Å². The van der Waals surface area contributed by atoms with E-state index in [0.29, 0.717) is 12.1 Å². The van der Waals surface area contributed by atoms with Crippen molar-refractivity contribution in [3.63, 3.8) is 0 Å². The molecular weight excluding hydrogens is 248 g/mol. The van der Waals surface area contributed by atoms with Crippen LogP contribution in [0.3, 0.4) is 0 Å². The zero-order valence-corrected chi connectivity index (χ0v) is 11.5. The molecule has 0 unspecified atom stereocenters. The molecule has 1 aromatic rings. The first kappa shape index (κ1) is 13.2. The SMILES string of the molecule is COC(=O)CC1(CSc2nc(C)ccc2N)CC1. The van der Waals surface area contributed by atoms with Gasteiger partial charge in [0, 0.05) is 11.4 Å². The summed E-state index contributed by atoms with van der Waals surface area (Å²) in [6.07, 6.45) is 2.67. The van der Waals surface area contributed by atoms with Crippen LogP contribution in [0.15, 0.2) is 17.2 Å². The maximum Gasteiger partial charge on any atom is 0.306 e. The van der Waals surface area contributed by atoms with Crippen LogP contribution in [0, 0.1) is 12.3 Å². The standard InChI is InChI=1S/C13H18N2O2S/c1-9-3-4-10(14)12(15-9)18-8-13(5-6-13)7-11(16)17-2/h3-4H,5-8,14H2,1-2H3. The zero-order valence-electron chi connectivity index (χ0n) is 10.7. The molecule has 5 heteroatoms. The van der Waals surface area contributed by atoms with E-state index < -0.39 is 0 Å². The molecule has 1 fully saturated rings. The van der Waals surface area contributed by atoms with Gasteiger partial charge < -0.3 is 10.5 Å². The Balaban J connectivity index is 1.95. The Morgan fingerprint density at radius 2 is 2.28 bits per heavy atom. The number of rotatable bonds is 5. The van der Waals surface area contributed by atoms with Gasteiger partial charge in [-0.15, -0.1) is 11.8 Å². The molecule has 18 heavy (non-hydrogen) atoms. The number of anilines is 1. The van der Waals surface area contributed by atoms with E-state index in [-0.39, 0.29) is 11.4 Å². The molecule has 0 radical (unpaired) electrons. The van der Waals surface area contributed by atoms with Crippen LogP contribution in [0.5, 0.6) is 0 Å². The molecule has 1 aliphatic carbocycles. The minimum Gasteiger partial charge on any atom is -0.469 e. The lowest BCUT2D eigenvalue weighted by atomic mass is 10.1. The lowest BCUT2D eigenvalue weighted by Gasteiger charge is -2.13. The molecular formula is C13H18N2O2S. The third-order valence-corrected chi connectivity index (χ3v) is 4.61. The summed E-state index contributed by atoms with van der Waals surface area (Å²) in [5.41, 5.74) is 7.67. The van der Waals surface area contributed by atoms with Crippen LogP contribution in [0.2, 0.25) is 0 Å². The summed E-state index contributed by atoms with van der Waals surface area (Å²) in [7, 11) is 1.44. The topological polar surface area (TPSA) is 65.2 Å². The first-order valence-electron chi connectivity index (χ1n) is 5.97. The molecule has 1 aromatic heterocycles. The van der Waals surface area contributed by atoms with Gasteiger partial charge in [0.15, 0.2) is 0 Å². The summed E-state index contributed by atoms with van der Waals surface area (Å²) >= 11 is 1.64. The minimum absolute atomic E-state index is 0.107. The van der Waals surface area contributed by atoms with E-state index in [9.17, 15) is 4.79 Å². The van der Waals surface area contributed by atoms with Gasteiger partial charge in [-0.25, -0.2) is 4.98 Å². The van der Waals surface area contributed by atoms with E-state index in [2.05, 4.69) is 4.98 Å². The van der Waals surface area contributed by atoms with Crippen LogP contribution in [-0.4, -0.2) is 23.8 Å². The zero-order chi connectivity index (χ0) is 13.2. The van der Waals surface area contributed by atoms with Crippen molar-refractivity contribution < 1.29 is 9.53 Å². The predicted octanol–water partition coefficient (Wildman–Crippen LogP) is 2.41. The average Bonchev–Trinajstić information content (AvgIpc) is 3.10. The highest BCUT2D eigenvalue weighted by Crippen LogP contribution is 2.52. The van der Waals surface area contributed by atoms with Crippen molar-refractivity contribution in [2.75, 3.05) is 18.6 Å². The maximum atomic E-state index is 11.3. The first-order chi connectivity index (χ1) is 8.54. The van der Waals surface area contributed by atoms with Crippen molar-refractivity contribution in [3.8, 4) is 0 Å². The number of carbonyl (C=O) groups is 1. The molecule has 0 bridgehead atoms. The monoisotopic (exact) mass is 266 g/mol. The quantitative estimate of drug-likeness (QED) is 0.655. The summed E-state index contributed by atoms with van der Waals surface area (Å²) in [5, 5.41) is 0.867. The highest BCUT2D eigenvalue weighted by atomic mass is 32.2. The van der Waals surface area contributed by atoms with E-state index in [0.717, 1.165) is 29.3 Å². The Labute approximate surface area is 111 Å². The Morgan fingerprint density at radius 3 is 2.89 bits per heavy atom. The van der Waals surface area contributed by atoms with Crippen LogP contribution in [0.25, 0.3) is 0 Å². The van der Waals surface area contributed by atoms with E-state index in [4.69, 9.17) is 10.5 Å². The fourth-order valence-electron chi connectivity index (χ4n) is 1.81. The molecule has 2 rings (SSSR count). The van der Waals surface area contributed by atoms with Crippen LogP contribution in [0.4, 0.5) is 5.69 Å². The summed E-state index contributed by atoms with van der Waals surface area (Å²) in [5.74, 6) is 0.751. The van der Waals surface area contributed by atoms with Gasteiger partial charge in [-0.3, -0.25) is 4.79 Å². The summed E-state index contributed by atoms with van der Waals surface area (Å²) in [6, 6.07) is 3.78. The van der Waals surface area contributed by atoms with Crippen molar-refractivity contribution in [3.05, 3.63) is 17.8 Å². The van der Waals surface area contributed by atoms with Crippen LogP contribution in [-0.2, 0) is 9.53 Å². The number of hydrogen-bond donors (Lipinski definition) is 1. The number of ether oxygens (including phenoxy) is 1. The molecule has 0 atom stereocenters. The van der Waals surface area contributed by atoms with Crippen molar-refractivity contribution in [1.82, 2.24) is 4.98 Å². The largest absolute Gasteiger partial charge is 0.469 e. The molecule has 0 amide bonds. The number of nitrogen functional groups attached to an aromatic ring is 1. The van der Waals surface area contributed by atoms with Gasteiger partial charge in [-0.2, -0.15) is 0 Å². The van der Waals surface area contributed by atoms with Gasteiger partial charge in [-0.05, 0) is 37.3 Å². The van der Waals surface area contributed by atoms with Crippen molar-refractivity contribution >= 4 is 23.4 Å². The fourth-order valence-corrected chi connectivity index (χ4v) is 3.08. The van der Waals surface area contributed by atoms with Crippen molar-refractivity contribution in [2.24, 2.45) is 5.41 Å². The Bertz CT molecular complexity index is 458. The molecule has 0 aromatic carbocycles. The lowest BCUT2D eigenvalue weighted by molar-refractivity contribution is -0.141. The molecule has 1 aliphatic rings. The number of pyridine rings is 1. The molecule has 4 nitrogen and oxygen atoms in total. The minimum atomic E-state index is -0.127. The third-order valence-electron chi connectivity index (χ3n) is 3.25. The smallest absolute Gasteiger partial charge is 0.306 e. The molecule has 0 saturated heterocycles. The second kappa shape index (κ2) is 5.18. The normalized spacial score (nSPS) is 16.3. The van der Waals surface area contributed by atoms with Crippen LogP contribution >= 0.6 is 11.8 Å². The number of aryl methyl sites for hydroxylation is 1. The van der Waals surface area contributed by atoms with E-state index in [1.54, 1.807) is 11.8 Å². The number of esters is 1. The number of aromatic nitrogens is 1. The van der Waals surface area contributed by atoms with E-state index in [1.807, 2.05) is 19.1 Å². The number of carbonyl (C=O) groups excluding carboxylic acids is 1.